The van der Waals surface area contributed by atoms with Gasteiger partial charge in [0.15, 0.2) is 11.6 Å². The molecule has 0 saturated carbocycles. The van der Waals surface area contributed by atoms with Crippen molar-refractivity contribution in [3.63, 3.8) is 0 Å². The van der Waals surface area contributed by atoms with Crippen LogP contribution in [0.4, 0.5) is 35.3 Å². The minimum absolute atomic E-state index is 0.0356. The lowest BCUT2D eigenvalue weighted by Crippen LogP contribution is -2.13. The molecule has 0 fully saturated rings. The number of benzene rings is 1. The van der Waals surface area contributed by atoms with Crippen LogP contribution >= 0.6 is 11.6 Å². The summed E-state index contributed by atoms with van der Waals surface area (Å²) in [5.74, 6) is 0.155. The molecule has 23 heavy (non-hydrogen) atoms. The van der Waals surface area contributed by atoms with Crippen molar-refractivity contribution in [3.05, 3.63) is 40.9 Å². The Bertz CT molecular complexity index is 707. The Morgan fingerprint density at radius 2 is 1.83 bits per heavy atom. The van der Waals surface area contributed by atoms with Crippen molar-refractivity contribution < 1.29 is 22.7 Å². The second kappa shape index (κ2) is 6.69. The molecule has 6 nitrogen and oxygen atoms in total. The van der Waals surface area contributed by atoms with E-state index in [-0.39, 0.29) is 22.3 Å². The molecule has 1 aromatic carbocycles. The maximum Gasteiger partial charge on any atom is 0.418 e. The summed E-state index contributed by atoms with van der Waals surface area (Å²) in [6.07, 6.45) is -5.32. The molecule has 2 N–H and O–H groups in total. The zero-order valence-electron chi connectivity index (χ0n) is 11.6. The number of rotatable bonds is 3. The van der Waals surface area contributed by atoms with Gasteiger partial charge in [-0.15, -0.1) is 10.2 Å². The third-order valence-corrected chi connectivity index (χ3v) is 2.86. The third-order valence-electron chi connectivity index (χ3n) is 2.63. The molecular formula is C13H10ClF3N4O2. The van der Waals surface area contributed by atoms with Gasteiger partial charge >= 0.3 is 12.3 Å². The van der Waals surface area contributed by atoms with Crippen LogP contribution in [-0.2, 0) is 10.9 Å². The first-order valence-corrected chi connectivity index (χ1v) is 6.50. The molecule has 0 unspecified atom stereocenters. The van der Waals surface area contributed by atoms with E-state index in [0.29, 0.717) is 0 Å². The Morgan fingerprint density at radius 3 is 2.39 bits per heavy atom. The number of methoxy groups -OCH3 is 1. The Balaban J connectivity index is 2.21. The summed E-state index contributed by atoms with van der Waals surface area (Å²) in [5, 5.41) is 12.1. The van der Waals surface area contributed by atoms with Gasteiger partial charge in [-0.25, -0.2) is 4.79 Å². The Hall–Kier alpha value is -2.55. The summed E-state index contributed by atoms with van der Waals surface area (Å²) < 4.78 is 43.3. The summed E-state index contributed by atoms with van der Waals surface area (Å²) in [6.45, 7) is 0. The number of alkyl halides is 3. The summed E-state index contributed by atoms with van der Waals surface area (Å²) in [5.41, 5.74) is -1.14. The van der Waals surface area contributed by atoms with Crippen LogP contribution in [0.25, 0.3) is 0 Å². The summed E-state index contributed by atoms with van der Waals surface area (Å²) in [4.78, 5) is 11.0. The number of anilines is 3. The zero-order valence-corrected chi connectivity index (χ0v) is 12.4. The molecule has 122 valence electrons. The summed E-state index contributed by atoms with van der Waals surface area (Å²) in [7, 11) is 1.18. The van der Waals surface area contributed by atoms with Crippen molar-refractivity contribution >= 4 is 35.0 Å². The summed E-state index contributed by atoms with van der Waals surface area (Å²) >= 11 is 5.60. The minimum Gasteiger partial charge on any atom is -0.453 e. The van der Waals surface area contributed by atoms with Crippen LogP contribution in [-0.4, -0.2) is 23.4 Å². The lowest BCUT2D eigenvalue weighted by Gasteiger charge is -2.14. The van der Waals surface area contributed by atoms with E-state index in [9.17, 15) is 18.0 Å². The number of nitrogens with one attached hydrogen (secondary N) is 2. The minimum atomic E-state index is -4.58. The molecule has 0 bridgehead atoms. The molecular weight excluding hydrogens is 337 g/mol. The molecule has 1 amide bonds. The topological polar surface area (TPSA) is 76.1 Å². The molecule has 0 spiro atoms. The standard InChI is InChI=1S/C13H10ClF3N4O2/c1-23-12(22)19-11-5-4-10(20-21-11)18-9-3-2-7(14)6-8(9)13(15,16)17/h2-6H,1H3,(H,18,20)(H,19,21,22). The van der Waals surface area contributed by atoms with Gasteiger partial charge in [-0.3, -0.25) is 5.32 Å². The van der Waals surface area contributed by atoms with E-state index < -0.39 is 17.8 Å². The van der Waals surface area contributed by atoms with E-state index in [0.717, 1.165) is 6.07 Å². The SMILES string of the molecule is COC(=O)Nc1ccc(Nc2ccc(Cl)cc2C(F)(F)F)nn1. The first kappa shape index (κ1) is 16.8. The largest absolute Gasteiger partial charge is 0.453 e. The third kappa shape index (κ3) is 4.46. The molecule has 1 heterocycles. The smallest absolute Gasteiger partial charge is 0.418 e. The van der Waals surface area contributed by atoms with Gasteiger partial charge in [0.25, 0.3) is 0 Å². The number of ether oxygens (including phenoxy) is 1. The quantitative estimate of drug-likeness (QED) is 0.876. The van der Waals surface area contributed by atoms with E-state index in [1.807, 2.05) is 0 Å². The molecule has 2 rings (SSSR count). The monoisotopic (exact) mass is 346 g/mol. The Labute approximate surface area is 133 Å². The number of halogens is 4. The van der Waals surface area contributed by atoms with E-state index in [4.69, 9.17) is 11.6 Å². The van der Waals surface area contributed by atoms with Crippen molar-refractivity contribution in [2.24, 2.45) is 0 Å². The van der Waals surface area contributed by atoms with Crippen molar-refractivity contribution in [1.82, 2.24) is 10.2 Å². The van der Waals surface area contributed by atoms with Gasteiger partial charge in [0.2, 0.25) is 0 Å². The number of hydrogen-bond donors (Lipinski definition) is 2. The lowest BCUT2D eigenvalue weighted by molar-refractivity contribution is -0.136. The van der Waals surface area contributed by atoms with Gasteiger partial charge in [-0.05, 0) is 30.3 Å². The van der Waals surface area contributed by atoms with Crippen LogP contribution in [0.3, 0.4) is 0 Å². The first-order chi connectivity index (χ1) is 10.8. The van der Waals surface area contributed by atoms with E-state index in [1.54, 1.807) is 0 Å². The van der Waals surface area contributed by atoms with Crippen LogP contribution < -0.4 is 10.6 Å². The van der Waals surface area contributed by atoms with Crippen molar-refractivity contribution in [2.45, 2.75) is 6.18 Å². The van der Waals surface area contributed by atoms with E-state index in [1.165, 1.54) is 31.4 Å². The second-order valence-electron chi connectivity index (χ2n) is 4.23. The fourth-order valence-electron chi connectivity index (χ4n) is 1.62. The van der Waals surface area contributed by atoms with Gasteiger partial charge in [0, 0.05) is 5.02 Å². The number of carbonyl (C=O) groups is 1. The highest BCUT2D eigenvalue weighted by atomic mass is 35.5. The van der Waals surface area contributed by atoms with E-state index >= 15 is 0 Å². The Kier molecular flexibility index (Phi) is 4.89. The van der Waals surface area contributed by atoms with Crippen molar-refractivity contribution in [3.8, 4) is 0 Å². The molecule has 10 heteroatoms. The van der Waals surface area contributed by atoms with Gasteiger partial charge < -0.3 is 10.1 Å². The van der Waals surface area contributed by atoms with Crippen molar-refractivity contribution in [1.29, 1.82) is 0 Å². The number of carbonyl (C=O) groups excluding carboxylic acids is 1. The summed E-state index contributed by atoms with van der Waals surface area (Å²) in [6, 6.07) is 6.03. The highest BCUT2D eigenvalue weighted by molar-refractivity contribution is 6.30. The highest BCUT2D eigenvalue weighted by Gasteiger charge is 2.33. The number of hydrogen-bond acceptors (Lipinski definition) is 5. The molecule has 0 saturated heterocycles. The fourth-order valence-corrected chi connectivity index (χ4v) is 1.79. The molecule has 0 aliphatic heterocycles. The predicted octanol–water partition coefficient (Wildman–Crippen LogP) is 4.07. The van der Waals surface area contributed by atoms with Crippen molar-refractivity contribution in [2.75, 3.05) is 17.7 Å². The molecule has 0 radical (unpaired) electrons. The average Bonchev–Trinajstić information content (AvgIpc) is 2.50. The number of aromatic nitrogens is 2. The average molecular weight is 347 g/mol. The maximum absolute atomic E-state index is 13.0. The lowest BCUT2D eigenvalue weighted by atomic mass is 10.1. The molecule has 0 atom stereocenters. The van der Waals surface area contributed by atoms with Crippen LogP contribution in [0.2, 0.25) is 5.02 Å². The fraction of sp³-hybridized carbons (Fsp3) is 0.154. The van der Waals surface area contributed by atoms with Gasteiger partial charge in [-0.1, -0.05) is 11.6 Å². The number of nitrogens with zero attached hydrogens (tertiary/aromatic N) is 2. The van der Waals surface area contributed by atoms with Gasteiger partial charge in [0.05, 0.1) is 18.4 Å². The predicted molar refractivity (Wildman–Crippen MR) is 77.8 cm³/mol. The maximum atomic E-state index is 13.0. The molecule has 2 aromatic rings. The van der Waals surface area contributed by atoms with Gasteiger partial charge in [0.1, 0.15) is 0 Å². The van der Waals surface area contributed by atoms with Crippen LogP contribution in [0, 0.1) is 0 Å². The molecule has 0 aliphatic rings. The Morgan fingerprint density at radius 1 is 1.17 bits per heavy atom. The molecule has 0 aliphatic carbocycles. The highest BCUT2D eigenvalue weighted by Crippen LogP contribution is 2.37. The second-order valence-corrected chi connectivity index (χ2v) is 4.67. The zero-order chi connectivity index (χ0) is 17.0. The van der Waals surface area contributed by atoms with Crippen LogP contribution in [0.1, 0.15) is 5.56 Å². The van der Waals surface area contributed by atoms with E-state index in [2.05, 4.69) is 25.6 Å². The molecule has 1 aromatic heterocycles. The first-order valence-electron chi connectivity index (χ1n) is 6.12. The van der Waals surface area contributed by atoms with Gasteiger partial charge in [-0.2, -0.15) is 13.2 Å². The normalized spacial score (nSPS) is 11.0. The number of amides is 1. The van der Waals surface area contributed by atoms with Crippen LogP contribution in [0.5, 0.6) is 0 Å². The van der Waals surface area contributed by atoms with Crippen LogP contribution in [0.15, 0.2) is 30.3 Å².